The van der Waals surface area contributed by atoms with E-state index in [1.807, 2.05) is 12.1 Å². The number of hydrogen-bond donors (Lipinski definition) is 1. The van der Waals surface area contributed by atoms with Crippen LogP contribution in [0.1, 0.15) is 18.6 Å². The van der Waals surface area contributed by atoms with Gasteiger partial charge in [0.15, 0.2) is 5.76 Å². The van der Waals surface area contributed by atoms with Crippen molar-refractivity contribution in [1.82, 2.24) is 20.0 Å². The summed E-state index contributed by atoms with van der Waals surface area (Å²) in [4.78, 5) is 5.22. The Labute approximate surface area is 141 Å². The van der Waals surface area contributed by atoms with Crippen molar-refractivity contribution < 1.29 is 4.42 Å². The molecule has 2 saturated heterocycles. The van der Waals surface area contributed by atoms with Crippen molar-refractivity contribution in [1.29, 1.82) is 0 Å². The Morgan fingerprint density at radius 2 is 1.96 bits per heavy atom. The van der Waals surface area contributed by atoms with Gasteiger partial charge in [0.1, 0.15) is 11.5 Å². The van der Waals surface area contributed by atoms with Gasteiger partial charge in [-0.15, -0.1) is 0 Å². The summed E-state index contributed by atoms with van der Waals surface area (Å²) in [6, 6.07) is 6.85. The highest BCUT2D eigenvalue weighted by Crippen LogP contribution is 2.24. The van der Waals surface area contributed by atoms with Crippen LogP contribution in [0.2, 0.25) is 0 Å². The van der Waals surface area contributed by atoms with Gasteiger partial charge >= 0.3 is 0 Å². The van der Waals surface area contributed by atoms with E-state index < -0.39 is 0 Å². The summed E-state index contributed by atoms with van der Waals surface area (Å²) >= 11 is 2.09. The standard InChI is InChI=1S/C17H24N4OS/c1-2-17(16-3-6-18-19-16)22-15(1)13-20-7-4-14(5-8-20)21-9-11-23-12-10-21/h1-3,6,14H,4-5,7-13H2,(H,18,19). The highest BCUT2D eigenvalue weighted by Gasteiger charge is 2.26. The first kappa shape index (κ1) is 15.3. The van der Waals surface area contributed by atoms with Gasteiger partial charge in [0, 0.05) is 49.9 Å². The molecule has 124 valence electrons. The molecule has 4 rings (SSSR count). The first-order chi connectivity index (χ1) is 11.4. The van der Waals surface area contributed by atoms with Crippen LogP contribution >= 0.6 is 11.8 Å². The van der Waals surface area contributed by atoms with E-state index in [2.05, 4.69) is 37.8 Å². The van der Waals surface area contributed by atoms with Crippen LogP contribution in [0, 0.1) is 0 Å². The zero-order valence-corrected chi connectivity index (χ0v) is 14.2. The fourth-order valence-electron chi connectivity index (χ4n) is 3.61. The third-order valence-corrected chi connectivity index (χ3v) is 5.87. The Morgan fingerprint density at radius 1 is 1.13 bits per heavy atom. The molecule has 0 aliphatic carbocycles. The van der Waals surface area contributed by atoms with E-state index in [1.165, 1.54) is 50.5 Å². The minimum Gasteiger partial charge on any atom is -0.458 e. The minimum atomic E-state index is 0.796. The summed E-state index contributed by atoms with van der Waals surface area (Å²) in [6.45, 7) is 5.82. The Bertz CT molecular complexity index is 598. The number of piperidine rings is 1. The summed E-state index contributed by atoms with van der Waals surface area (Å²) < 4.78 is 5.95. The van der Waals surface area contributed by atoms with Gasteiger partial charge in [-0.05, 0) is 31.0 Å². The zero-order chi connectivity index (χ0) is 15.5. The van der Waals surface area contributed by atoms with Crippen molar-refractivity contribution in [2.75, 3.05) is 37.7 Å². The first-order valence-electron chi connectivity index (χ1n) is 8.51. The fraction of sp³-hybridized carbons (Fsp3) is 0.588. The smallest absolute Gasteiger partial charge is 0.152 e. The highest BCUT2D eigenvalue weighted by molar-refractivity contribution is 7.99. The fourth-order valence-corrected chi connectivity index (χ4v) is 4.54. The monoisotopic (exact) mass is 332 g/mol. The average molecular weight is 332 g/mol. The third-order valence-electron chi connectivity index (χ3n) is 4.93. The van der Waals surface area contributed by atoms with Crippen LogP contribution in [-0.4, -0.2) is 63.7 Å². The van der Waals surface area contributed by atoms with Crippen molar-refractivity contribution in [3.8, 4) is 11.5 Å². The second-order valence-electron chi connectivity index (χ2n) is 6.39. The number of rotatable bonds is 4. The molecular weight excluding hydrogens is 308 g/mol. The van der Waals surface area contributed by atoms with E-state index in [0.717, 1.165) is 29.8 Å². The second kappa shape index (κ2) is 7.11. The molecule has 1 N–H and O–H groups in total. The lowest BCUT2D eigenvalue weighted by molar-refractivity contribution is 0.108. The molecule has 0 atom stereocenters. The number of aromatic amines is 1. The second-order valence-corrected chi connectivity index (χ2v) is 7.62. The van der Waals surface area contributed by atoms with Gasteiger partial charge in [-0.2, -0.15) is 16.9 Å². The summed E-state index contributed by atoms with van der Waals surface area (Å²) in [5.74, 6) is 4.53. The SMILES string of the molecule is c1cc(-c2ccc(CN3CCC(N4CCSCC4)CC3)o2)[nH]n1. The van der Waals surface area contributed by atoms with Gasteiger partial charge in [0.25, 0.3) is 0 Å². The molecule has 0 bridgehead atoms. The molecule has 0 radical (unpaired) electrons. The number of aromatic nitrogens is 2. The first-order valence-corrected chi connectivity index (χ1v) is 9.66. The summed E-state index contributed by atoms with van der Waals surface area (Å²) in [5, 5.41) is 6.92. The predicted molar refractivity (Wildman–Crippen MR) is 93.5 cm³/mol. The number of thioether (sulfide) groups is 1. The van der Waals surface area contributed by atoms with Gasteiger partial charge in [-0.25, -0.2) is 0 Å². The highest BCUT2D eigenvalue weighted by atomic mass is 32.2. The third kappa shape index (κ3) is 3.65. The van der Waals surface area contributed by atoms with Crippen LogP contribution in [0.25, 0.3) is 11.5 Å². The van der Waals surface area contributed by atoms with Crippen LogP contribution in [0.5, 0.6) is 0 Å². The molecule has 6 heteroatoms. The zero-order valence-electron chi connectivity index (χ0n) is 13.4. The van der Waals surface area contributed by atoms with Crippen LogP contribution < -0.4 is 0 Å². The number of H-pyrrole nitrogens is 1. The largest absolute Gasteiger partial charge is 0.458 e. The Hall–Kier alpha value is -1.24. The number of likely N-dealkylation sites (tertiary alicyclic amines) is 1. The Kier molecular flexibility index (Phi) is 4.73. The molecule has 23 heavy (non-hydrogen) atoms. The number of nitrogens with one attached hydrogen (secondary N) is 1. The van der Waals surface area contributed by atoms with Gasteiger partial charge < -0.3 is 4.42 Å². The predicted octanol–water partition coefficient (Wildman–Crippen LogP) is 2.68. The molecule has 5 nitrogen and oxygen atoms in total. The Balaban J connectivity index is 1.29. The molecule has 0 unspecified atom stereocenters. The van der Waals surface area contributed by atoms with E-state index >= 15 is 0 Å². The van der Waals surface area contributed by atoms with E-state index in [4.69, 9.17) is 4.42 Å². The van der Waals surface area contributed by atoms with E-state index in [-0.39, 0.29) is 0 Å². The lowest BCUT2D eigenvalue weighted by Gasteiger charge is -2.39. The minimum absolute atomic E-state index is 0.796. The van der Waals surface area contributed by atoms with Gasteiger partial charge in [0.2, 0.25) is 0 Å². The van der Waals surface area contributed by atoms with E-state index in [1.54, 1.807) is 6.20 Å². The molecule has 0 aromatic carbocycles. The molecule has 2 aromatic heterocycles. The topological polar surface area (TPSA) is 48.3 Å². The quantitative estimate of drug-likeness (QED) is 0.933. The van der Waals surface area contributed by atoms with Crippen molar-refractivity contribution in [3.05, 3.63) is 30.2 Å². The normalized spacial score (nSPS) is 21.7. The van der Waals surface area contributed by atoms with Crippen LogP contribution in [0.4, 0.5) is 0 Å². The summed E-state index contributed by atoms with van der Waals surface area (Å²) in [7, 11) is 0. The van der Waals surface area contributed by atoms with Crippen LogP contribution in [-0.2, 0) is 6.54 Å². The molecular formula is C17H24N4OS. The maximum absolute atomic E-state index is 5.95. The van der Waals surface area contributed by atoms with Crippen LogP contribution in [0.3, 0.4) is 0 Å². The van der Waals surface area contributed by atoms with Crippen molar-refractivity contribution in [3.63, 3.8) is 0 Å². The molecule has 2 aliphatic heterocycles. The maximum Gasteiger partial charge on any atom is 0.152 e. The maximum atomic E-state index is 5.95. The number of nitrogens with zero attached hydrogens (tertiary/aromatic N) is 3. The molecule has 2 aromatic rings. The van der Waals surface area contributed by atoms with Crippen molar-refractivity contribution in [2.45, 2.75) is 25.4 Å². The number of furan rings is 1. The van der Waals surface area contributed by atoms with Crippen LogP contribution in [0.15, 0.2) is 28.8 Å². The van der Waals surface area contributed by atoms with E-state index in [9.17, 15) is 0 Å². The summed E-state index contributed by atoms with van der Waals surface area (Å²) in [6.07, 6.45) is 4.33. The molecule has 0 spiro atoms. The van der Waals surface area contributed by atoms with Crippen molar-refractivity contribution >= 4 is 11.8 Å². The molecule has 2 fully saturated rings. The van der Waals surface area contributed by atoms with Crippen molar-refractivity contribution in [2.24, 2.45) is 0 Å². The van der Waals surface area contributed by atoms with Gasteiger partial charge in [-0.3, -0.25) is 14.9 Å². The lowest BCUT2D eigenvalue weighted by Crippen LogP contribution is -2.47. The lowest BCUT2D eigenvalue weighted by atomic mass is 10.0. The molecule has 2 aliphatic rings. The molecule has 0 amide bonds. The number of hydrogen-bond acceptors (Lipinski definition) is 5. The van der Waals surface area contributed by atoms with Gasteiger partial charge in [0.05, 0.1) is 6.54 Å². The van der Waals surface area contributed by atoms with Gasteiger partial charge in [-0.1, -0.05) is 0 Å². The summed E-state index contributed by atoms with van der Waals surface area (Å²) in [5.41, 5.74) is 0.943. The average Bonchev–Trinajstić information content (AvgIpc) is 3.28. The molecule has 4 heterocycles. The molecule has 0 saturated carbocycles. The Morgan fingerprint density at radius 3 is 2.70 bits per heavy atom. The van der Waals surface area contributed by atoms with E-state index in [0.29, 0.717) is 0 Å².